The highest BCUT2D eigenvalue weighted by molar-refractivity contribution is 7.99. The molecule has 0 saturated carbocycles. The molecule has 0 radical (unpaired) electrons. The third-order valence-corrected chi connectivity index (χ3v) is 3.89. The van der Waals surface area contributed by atoms with Crippen LogP contribution < -0.4 is 5.32 Å². The number of hydrogen-bond acceptors (Lipinski definition) is 3. The fourth-order valence-electron chi connectivity index (χ4n) is 1.10. The normalized spacial score (nSPS) is 17.1. The first-order valence-electron chi connectivity index (χ1n) is 5.32. The Labute approximate surface area is 92.5 Å². The lowest BCUT2D eigenvalue weighted by molar-refractivity contribution is 0.510. The predicted molar refractivity (Wildman–Crippen MR) is 64.5 cm³/mol. The molecular weight excluding hydrogens is 192 g/mol. The van der Waals surface area contributed by atoms with E-state index in [2.05, 4.69) is 25.2 Å². The smallest absolute Gasteiger partial charge is 0.113 e. The van der Waals surface area contributed by atoms with Crippen molar-refractivity contribution in [3.05, 3.63) is 0 Å². The van der Waals surface area contributed by atoms with Crippen molar-refractivity contribution in [3.8, 4) is 6.07 Å². The molecule has 2 nitrogen and oxygen atoms in total. The molecule has 0 amide bonds. The highest BCUT2D eigenvalue weighted by Gasteiger charge is 2.21. The number of nitriles is 1. The van der Waals surface area contributed by atoms with E-state index in [-0.39, 0.29) is 5.54 Å². The predicted octanol–water partition coefficient (Wildman–Crippen LogP) is 2.66. The van der Waals surface area contributed by atoms with Crippen molar-refractivity contribution in [1.82, 2.24) is 5.32 Å². The molecule has 0 aliphatic rings. The van der Waals surface area contributed by atoms with Crippen molar-refractivity contribution in [2.75, 3.05) is 18.1 Å². The molecule has 2 unspecified atom stereocenters. The number of thioether (sulfide) groups is 1. The van der Waals surface area contributed by atoms with E-state index in [0.29, 0.717) is 0 Å². The number of rotatable bonds is 7. The van der Waals surface area contributed by atoms with Crippen molar-refractivity contribution in [1.29, 1.82) is 5.26 Å². The van der Waals surface area contributed by atoms with E-state index in [1.807, 2.05) is 25.6 Å². The van der Waals surface area contributed by atoms with Gasteiger partial charge in [0.1, 0.15) is 5.54 Å². The minimum atomic E-state index is -0.354. The number of nitrogens with zero attached hydrogens (tertiary/aromatic N) is 1. The molecule has 0 saturated heterocycles. The Morgan fingerprint density at radius 1 is 1.50 bits per heavy atom. The fourth-order valence-corrected chi connectivity index (χ4v) is 2.43. The lowest BCUT2D eigenvalue weighted by Gasteiger charge is -2.22. The first kappa shape index (κ1) is 13.8. The molecule has 0 aliphatic heterocycles. The molecular formula is C11H22N2S. The van der Waals surface area contributed by atoms with E-state index in [1.54, 1.807) is 0 Å². The second kappa shape index (κ2) is 7.14. The molecule has 0 aromatic carbocycles. The second-order valence-electron chi connectivity index (χ2n) is 4.00. The zero-order chi connectivity index (χ0) is 11.0. The van der Waals surface area contributed by atoms with Crippen LogP contribution in [0.2, 0.25) is 0 Å². The summed E-state index contributed by atoms with van der Waals surface area (Å²) in [5, 5.41) is 12.2. The summed E-state index contributed by atoms with van der Waals surface area (Å²) in [5.74, 6) is 2.78. The maximum absolute atomic E-state index is 9.01. The van der Waals surface area contributed by atoms with E-state index in [1.165, 1.54) is 6.42 Å². The van der Waals surface area contributed by atoms with E-state index in [0.717, 1.165) is 24.0 Å². The molecule has 0 spiro atoms. The summed E-state index contributed by atoms with van der Waals surface area (Å²) in [7, 11) is 0. The highest BCUT2D eigenvalue weighted by Crippen LogP contribution is 2.16. The van der Waals surface area contributed by atoms with Gasteiger partial charge in [0.2, 0.25) is 0 Å². The van der Waals surface area contributed by atoms with Gasteiger partial charge < -0.3 is 0 Å². The maximum atomic E-state index is 9.01. The zero-order valence-electron chi connectivity index (χ0n) is 9.76. The van der Waals surface area contributed by atoms with Gasteiger partial charge in [-0.15, -0.1) is 0 Å². The summed E-state index contributed by atoms with van der Waals surface area (Å²) in [5.41, 5.74) is -0.354. The van der Waals surface area contributed by atoms with Crippen molar-refractivity contribution < 1.29 is 0 Å². The van der Waals surface area contributed by atoms with Crippen LogP contribution in [0.4, 0.5) is 0 Å². The van der Waals surface area contributed by atoms with Gasteiger partial charge in [-0.3, -0.25) is 5.32 Å². The van der Waals surface area contributed by atoms with Crippen LogP contribution in [0.5, 0.6) is 0 Å². The van der Waals surface area contributed by atoms with Crippen LogP contribution in [0.25, 0.3) is 0 Å². The third-order valence-electron chi connectivity index (χ3n) is 2.30. The van der Waals surface area contributed by atoms with Crippen LogP contribution in [0.1, 0.15) is 34.1 Å². The Morgan fingerprint density at radius 2 is 2.14 bits per heavy atom. The molecule has 0 fully saturated rings. The fraction of sp³-hybridized carbons (Fsp3) is 0.909. The number of nitrogens with one attached hydrogen (secondary N) is 1. The quantitative estimate of drug-likeness (QED) is 0.708. The average Bonchev–Trinajstić information content (AvgIpc) is 2.18. The van der Waals surface area contributed by atoms with E-state index in [9.17, 15) is 0 Å². The molecule has 0 bridgehead atoms. The lowest BCUT2D eigenvalue weighted by Crippen LogP contribution is -2.43. The molecule has 3 heteroatoms. The Bertz CT molecular complexity index is 188. The molecule has 14 heavy (non-hydrogen) atoms. The standard InChI is InChI=1S/C11H22N2S/c1-5-10(3)7-14-9-11(4,8-12)13-6-2/h10,13H,5-7,9H2,1-4H3. The van der Waals surface area contributed by atoms with Crippen molar-refractivity contribution in [3.63, 3.8) is 0 Å². The van der Waals surface area contributed by atoms with Gasteiger partial charge in [0.15, 0.2) is 0 Å². The Kier molecular flexibility index (Phi) is 7.04. The highest BCUT2D eigenvalue weighted by atomic mass is 32.2. The van der Waals surface area contributed by atoms with Gasteiger partial charge in [-0.1, -0.05) is 27.2 Å². The number of hydrogen-bond donors (Lipinski definition) is 1. The largest absolute Gasteiger partial charge is 0.299 e. The first-order chi connectivity index (χ1) is 6.58. The van der Waals surface area contributed by atoms with Crippen molar-refractivity contribution in [2.24, 2.45) is 5.92 Å². The van der Waals surface area contributed by atoms with Gasteiger partial charge in [0, 0.05) is 5.75 Å². The van der Waals surface area contributed by atoms with Crippen LogP contribution >= 0.6 is 11.8 Å². The Hall–Kier alpha value is -0.200. The summed E-state index contributed by atoms with van der Waals surface area (Å²) < 4.78 is 0. The van der Waals surface area contributed by atoms with E-state index in [4.69, 9.17) is 5.26 Å². The van der Waals surface area contributed by atoms with E-state index < -0.39 is 0 Å². The van der Waals surface area contributed by atoms with Crippen LogP contribution in [0.15, 0.2) is 0 Å². The van der Waals surface area contributed by atoms with Crippen LogP contribution in [0, 0.1) is 17.2 Å². The summed E-state index contributed by atoms with van der Waals surface area (Å²) in [4.78, 5) is 0. The molecule has 2 atom stereocenters. The van der Waals surface area contributed by atoms with Gasteiger partial charge in [-0.2, -0.15) is 17.0 Å². The van der Waals surface area contributed by atoms with E-state index >= 15 is 0 Å². The molecule has 82 valence electrons. The summed E-state index contributed by atoms with van der Waals surface area (Å²) >= 11 is 1.87. The first-order valence-corrected chi connectivity index (χ1v) is 6.47. The summed E-state index contributed by atoms with van der Waals surface area (Å²) in [6.07, 6.45) is 1.22. The van der Waals surface area contributed by atoms with Crippen molar-refractivity contribution >= 4 is 11.8 Å². The SMILES string of the molecule is CCNC(C)(C#N)CSCC(C)CC. The van der Waals surface area contributed by atoms with Crippen LogP contribution in [-0.4, -0.2) is 23.6 Å². The van der Waals surface area contributed by atoms with Gasteiger partial charge in [-0.05, 0) is 25.1 Å². The maximum Gasteiger partial charge on any atom is 0.113 e. The molecule has 0 aromatic heterocycles. The molecule has 0 rings (SSSR count). The minimum absolute atomic E-state index is 0.354. The lowest BCUT2D eigenvalue weighted by atomic mass is 10.1. The topological polar surface area (TPSA) is 35.8 Å². The summed E-state index contributed by atoms with van der Waals surface area (Å²) in [6, 6.07) is 2.34. The summed E-state index contributed by atoms with van der Waals surface area (Å²) in [6.45, 7) is 9.33. The van der Waals surface area contributed by atoms with Gasteiger partial charge in [0.05, 0.1) is 6.07 Å². The van der Waals surface area contributed by atoms with Crippen molar-refractivity contribution in [2.45, 2.75) is 39.7 Å². The monoisotopic (exact) mass is 214 g/mol. The average molecular weight is 214 g/mol. The second-order valence-corrected chi connectivity index (χ2v) is 5.03. The Morgan fingerprint density at radius 3 is 2.57 bits per heavy atom. The van der Waals surface area contributed by atoms with Gasteiger partial charge in [0.25, 0.3) is 0 Å². The minimum Gasteiger partial charge on any atom is -0.299 e. The molecule has 0 aliphatic carbocycles. The van der Waals surface area contributed by atoms with Gasteiger partial charge in [-0.25, -0.2) is 0 Å². The van der Waals surface area contributed by atoms with Crippen LogP contribution in [-0.2, 0) is 0 Å². The molecule has 1 N–H and O–H groups in total. The van der Waals surface area contributed by atoms with Gasteiger partial charge >= 0.3 is 0 Å². The zero-order valence-corrected chi connectivity index (χ0v) is 10.6. The Balaban J connectivity index is 3.79. The molecule has 0 aromatic rings. The molecule has 0 heterocycles. The van der Waals surface area contributed by atoms with Crippen LogP contribution in [0.3, 0.4) is 0 Å². The third kappa shape index (κ3) is 5.51.